The summed E-state index contributed by atoms with van der Waals surface area (Å²) in [5, 5.41) is 3.61. The molecule has 1 N–H and O–H groups in total. The number of anilines is 1. The van der Waals surface area contributed by atoms with Crippen molar-refractivity contribution in [2.24, 2.45) is 0 Å². The van der Waals surface area contributed by atoms with Gasteiger partial charge in [-0.25, -0.2) is 8.78 Å². The molecular weight excluding hydrogens is 326 g/mol. The highest BCUT2D eigenvalue weighted by atomic mass is 35.5. The summed E-state index contributed by atoms with van der Waals surface area (Å²) in [6, 6.07) is 9.28. The van der Waals surface area contributed by atoms with Crippen LogP contribution in [0, 0.1) is 18.6 Å². The molecule has 0 fully saturated rings. The number of nitrogens with one attached hydrogen (secondary N) is 1. The van der Waals surface area contributed by atoms with Crippen molar-refractivity contribution >= 4 is 34.6 Å². The highest BCUT2D eigenvalue weighted by Crippen LogP contribution is 2.21. The Morgan fingerprint density at radius 3 is 2.59 bits per heavy atom. The molecule has 0 amide bonds. The van der Waals surface area contributed by atoms with Crippen molar-refractivity contribution in [2.75, 3.05) is 12.4 Å². The van der Waals surface area contributed by atoms with Gasteiger partial charge >= 0.3 is 0 Å². The summed E-state index contributed by atoms with van der Waals surface area (Å²) in [6.07, 6.45) is 0. The third-order valence-corrected chi connectivity index (χ3v) is 3.99. The van der Waals surface area contributed by atoms with E-state index in [1.54, 1.807) is 43.1 Å². The lowest BCUT2D eigenvalue weighted by atomic mass is 10.2. The molecule has 0 aromatic heterocycles. The summed E-state index contributed by atoms with van der Waals surface area (Å²) in [6.45, 7) is 1.90. The van der Waals surface area contributed by atoms with Crippen LogP contribution in [0.4, 0.5) is 14.5 Å². The zero-order chi connectivity index (χ0) is 16.3. The van der Waals surface area contributed by atoms with Gasteiger partial charge in [-0.15, -0.1) is 0 Å². The van der Waals surface area contributed by atoms with E-state index in [1.165, 1.54) is 12.1 Å². The largest absolute Gasteiger partial charge is 0.348 e. The van der Waals surface area contributed by atoms with Gasteiger partial charge in [-0.05, 0) is 49.0 Å². The summed E-state index contributed by atoms with van der Waals surface area (Å²) < 4.78 is 27.3. The number of thiocarbonyl (C=S) groups is 1. The monoisotopic (exact) mass is 340 g/mol. The topological polar surface area (TPSA) is 15.3 Å². The maximum Gasteiger partial charge on any atom is 0.173 e. The second-order valence-corrected chi connectivity index (χ2v) is 5.74. The van der Waals surface area contributed by atoms with E-state index in [-0.39, 0.29) is 18.2 Å². The first kappa shape index (κ1) is 16.6. The molecule has 0 aliphatic rings. The average Bonchev–Trinajstić information content (AvgIpc) is 2.46. The van der Waals surface area contributed by atoms with E-state index in [1.807, 2.05) is 0 Å². The molecule has 116 valence electrons. The Morgan fingerprint density at radius 1 is 1.23 bits per heavy atom. The van der Waals surface area contributed by atoms with Crippen molar-refractivity contribution in [3.63, 3.8) is 0 Å². The molecule has 0 aliphatic carbocycles. The van der Waals surface area contributed by atoms with Gasteiger partial charge < -0.3 is 10.2 Å². The van der Waals surface area contributed by atoms with E-state index in [2.05, 4.69) is 5.32 Å². The van der Waals surface area contributed by atoms with Crippen LogP contribution in [0.15, 0.2) is 36.4 Å². The SMILES string of the molecule is Cc1ccc(NC(=S)N(C)Cc2c(F)cccc2Cl)cc1F. The molecule has 6 heteroatoms. The molecule has 2 rings (SSSR count). The second-order valence-electron chi connectivity index (χ2n) is 4.95. The Hall–Kier alpha value is -1.72. The number of aryl methyl sites for hydroxylation is 1. The van der Waals surface area contributed by atoms with Crippen LogP contribution in [-0.4, -0.2) is 17.1 Å². The fourth-order valence-electron chi connectivity index (χ4n) is 1.88. The summed E-state index contributed by atoms with van der Waals surface area (Å²) in [7, 11) is 1.71. The number of nitrogens with zero attached hydrogens (tertiary/aromatic N) is 1. The Labute approximate surface area is 138 Å². The lowest BCUT2D eigenvalue weighted by Crippen LogP contribution is -2.31. The smallest absolute Gasteiger partial charge is 0.173 e. The van der Waals surface area contributed by atoms with Gasteiger partial charge in [0.25, 0.3) is 0 Å². The van der Waals surface area contributed by atoms with Gasteiger partial charge in [0.2, 0.25) is 0 Å². The first-order valence-corrected chi connectivity index (χ1v) is 7.38. The Morgan fingerprint density at radius 2 is 1.95 bits per heavy atom. The minimum absolute atomic E-state index is 0.214. The zero-order valence-electron chi connectivity index (χ0n) is 12.2. The standard InChI is InChI=1S/C16H15ClF2N2S/c1-10-6-7-11(8-15(10)19)20-16(22)21(2)9-12-13(17)4-3-5-14(12)18/h3-8H,9H2,1-2H3,(H,20,22). The molecule has 2 aromatic carbocycles. The van der Waals surface area contributed by atoms with E-state index in [0.717, 1.165) is 0 Å². The van der Waals surface area contributed by atoms with Gasteiger partial charge in [0.1, 0.15) is 11.6 Å². The van der Waals surface area contributed by atoms with Crippen molar-refractivity contribution in [1.82, 2.24) is 4.90 Å². The fourth-order valence-corrected chi connectivity index (χ4v) is 2.29. The third-order valence-electron chi connectivity index (χ3n) is 3.23. The van der Waals surface area contributed by atoms with Crippen LogP contribution in [-0.2, 0) is 6.54 Å². The van der Waals surface area contributed by atoms with Crippen LogP contribution in [0.5, 0.6) is 0 Å². The first-order valence-electron chi connectivity index (χ1n) is 6.59. The molecule has 0 aliphatic heterocycles. The predicted molar refractivity (Wildman–Crippen MR) is 90.2 cm³/mol. The highest BCUT2D eigenvalue weighted by Gasteiger charge is 2.12. The maximum atomic E-state index is 13.8. The van der Waals surface area contributed by atoms with Gasteiger partial charge in [-0.2, -0.15) is 0 Å². The number of hydrogen-bond donors (Lipinski definition) is 1. The number of halogens is 3. The van der Waals surface area contributed by atoms with Crippen molar-refractivity contribution in [3.8, 4) is 0 Å². The van der Waals surface area contributed by atoms with Gasteiger partial charge in [0.15, 0.2) is 5.11 Å². The number of benzene rings is 2. The van der Waals surface area contributed by atoms with Crippen molar-refractivity contribution in [2.45, 2.75) is 13.5 Å². The lowest BCUT2D eigenvalue weighted by molar-refractivity contribution is 0.486. The zero-order valence-corrected chi connectivity index (χ0v) is 13.7. The van der Waals surface area contributed by atoms with E-state index in [0.29, 0.717) is 26.9 Å². The molecule has 0 saturated carbocycles. The second kappa shape index (κ2) is 7.03. The molecule has 0 bridgehead atoms. The minimum Gasteiger partial charge on any atom is -0.348 e. The Balaban J connectivity index is 2.07. The summed E-state index contributed by atoms with van der Waals surface area (Å²) in [5.41, 5.74) is 1.47. The maximum absolute atomic E-state index is 13.8. The number of hydrogen-bond acceptors (Lipinski definition) is 1. The predicted octanol–water partition coefficient (Wildman–Crippen LogP) is 4.76. The highest BCUT2D eigenvalue weighted by molar-refractivity contribution is 7.80. The van der Waals surface area contributed by atoms with Crippen LogP contribution in [0.2, 0.25) is 5.02 Å². The summed E-state index contributed by atoms with van der Waals surface area (Å²) >= 11 is 11.2. The molecule has 0 unspecified atom stereocenters. The fraction of sp³-hybridized carbons (Fsp3) is 0.188. The average molecular weight is 341 g/mol. The normalized spacial score (nSPS) is 10.4. The van der Waals surface area contributed by atoms with Gasteiger partial charge in [0.05, 0.1) is 0 Å². The van der Waals surface area contributed by atoms with E-state index in [4.69, 9.17) is 23.8 Å². The van der Waals surface area contributed by atoms with Crippen molar-refractivity contribution in [3.05, 3.63) is 64.2 Å². The van der Waals surface area contributed by atoms with Gasteiger partial charge in [-0.3, -0.25) is 0 Å². The minimum atomic E-state index is -0.386. The van der Waals surface area contributed by atoms with Gasteiger partial charge in [0, 0.05) is 29.9 Å². The summed E-state index contributed by atoms with van der Waals surface area (Å²) in [4.78, 5) is 1.64. The molecule has 0 atom stereocenters. The van der Waals surface area contributed by atoms with Crippen LogP contribution in [0.3, 0.4) is 0 Å². The van der Waals surface area contributed by atoms with Crippen LogP contribution >= 0.6 is 23.8 Å². The molecule has 0 saturated heterocycles. The molecule has 2 nitrogen and oxygen atoms in total. The Bertz CT molecular complexity index is 686. The van der Waals surface area contributed by atoms with Crippen molar-refractivity contribution < 1.29 is 8.78 Å². The van der Waals surface area contributed by atoms with Gasteiger partial charge in [-0.1, -0.05) is 23.7 Å². The van der Waals surface area contributed by atoms with E-state index in [9.17, 15) is 8.78 Å². The van der Waals surface area contributed by atoms with Crippen LogP contribution in [0.1, 0.15) is 11.1 Å². The first-order chi connectivity index (χ1) is 10.4. The molecule has 2 aromatic rings. The van der Waals surface area contributed by atoms with E-state index < -0.39 is 0 Å². The molecular formula is C16H15ClF2N2S. The summed E-state index contributed by atoms with van der Waals surface area (Å²) in [5.74, 6) is -0.698. The molecule has 0 spiro atoms. The quantitative estimate of drug-likeness (QED) is 0.811. The lowest BCUT2D eigenvalue weighted by Gasteiger charge is -2.22. The van der Waals surface area contributed by atoms with Crippen LogP contribution in [0.25, 0.3) is 0 Å². The molecule has 22 heavy (non-hydrogen) atoms. The molecule has 0 heterocycles. The molecule has 0 radical (unpaired) electrons. The number of rotatable bonds is 3. The Kier molecular flexibility index (Phi) is 5.32. The van der Waals surface area contributed by atoms with Crippen molar-refractivity contribution in [1.29, 1.82) is 0 Å². The third kappa shape index (κ3) is 3.93. The van der Waals surface area contributed by atoms with E-state index >= 15 is 0 Å². The van der Waals surface area contributed by atoms with Crippen LogP contribution < -0.4 is 5.32 Å².